The fourth-order valence-electron chi connectivity index (χ4n) is 2.65. The smallest absolute Gasteiger partial charge is 0.0502 e. The largest absolute Gasteiger partial charge is 0.340 e. The molecule has 2 aromatic carbocycles. The first-order valence-electron chi connectivity index (χ1n) is 6.63. The molecule has 3 rings (SSSR count). The lowest BCUT2D eigenvalue weighted by molar-refractivity contribution is 0.670. The minimum atomic E-state index is 1.05. The molecule has 1 aromatic heterocycles. The molecule has 0 bridgehead atoms. The summed E-state index contributed by atoms with van der Waals surface area (Å²) in [5, 5.41) is 3.72. The van der Waals surface area contributed by atoms with Crippen LogP contribution < -0.4 is 0 Å². The molecule has 0 radical (unpaired) electrons. The van der Waals surface area contributed by atoms with Gasteiger partial charge in [0, 0.05) is 31.6 Å². The van der Waals surface area contributed by atoms with E-state index in [-0.39, 0.29) is 0 Å². The van der Waals surface area contributed by atoms with Gasteiger partial charge >= 0.3 is 0 Å². The Morgan fingerprint density at radius 3 is 1.85 bits per heavy atom. The summed E-state index contributed by atoms with van der Waals surface area (Å²) < 4.78 is 4.70. The molecule has 0 atom stereocenters. The number of hydrogen-bond donors (Lipinski definition) is 0. The molecule has 0 spiro atoms. The molecule has 20 heavy (non-hydrogen) atoms. The second kappa shape index (κ2) is 6.20. The van der Waals surface area contributed by atoms with Crippen LogP contribution in [-0.4, -0.2) is 9.90 Å². The molecule has 1 heterocycles. The summed E-state index contributed by atoms with van der Waals surface area (Å²) in [6, 6.07) is 13.1. The average Bonchev–Trinajstić information content (AvgIpc) is 2.72. The van der Waals surface area contributed by atoms with Gasteiger partial charge in [0.05, 0.1) is 11.0 Å². The van der Waals surface area contributed by atoms with Crippen LogP contribution in [-0.2, 0) is 6.54 Å². The van der Waals surface area contributed by atoms with E-state index in [4.69, 9.17) is 0 Å². The van der Waals surface area contributed by atoms with Gasteiger partial charge in [0.2, 0.25) is 0 Å². The van der Waals surface area contributed by atoms with Crippen molar-refractivity contribution in [1.82, 2.24) is 4.57 Å². The van der Waals surface area contributed by atoms with Gasteiger partial charge in [0.1, 0.15) is 0 Å². The lowest BCUT2D eigenvalue weighted by atomic mass is 10.2. The zero-order valence-electron chi connectivity index (χ0n) is 10.9. The molecule has 3 aromatic rings. The number of hydrogen-bond acceptors (Lipinski definition) is 0. The van der Waals surface area contributed by atoms with Crippen molar-refractivity contribution in [3.05, 3.63) is 45.3 Å². The second-order valence-electron chi connectivity index (χ2n) is 4.87. The van der Waals surface area contributed by atoms with E-state index in [1.54, 1.807) is 0 Å². The van der Waals surface area contributed by atoms with Crippen molar-refractivity contribution in [3.63, 3.8) is 0 Å². The van der Waals surface area contributed by atoms with E-state index in [1.807, 2.05) is 0 Å². The van der Waals surface area contributed by atoms with Gasteiger partial charge < -0.3 is 4.57 Å². The zero-order valence-corrected chi connectivity index (χ0v) is 15.6. The molecule has 1 nitrogen and oxygen atoms in total. The van der Waals surface area contributed by atoms with E-state index in [2.05, 4.69) is 88.8 Å². The normalized spacial score (nSPS) is 11.6. The van der Waals surface area contributed by atoms with Crippen molar-refractivity contribution < 1.29 is 0 Å². The van der Waals surface area contributed by atoms with Crippen molar-refractivity contribution >= 4 is 69.6 Å². The molecule has 0 unspecified atom stereocenters. The predicted molar refractivity (Wildman–Crippen MR) is 97.9 cm³/mol. The summed E-state index contributed by atoms with van der Waals surface area (Å²) in [4.78, 5) is 0. The molecular weight excluding hydrogens is 446 g/mol. The Bertz CT molecular complexity index is 702. The van der Waals surface area contributed by atoms with Gasteiger partial charge in [-0.05, 0) is 37.1 Å². The number of fused-ring (bicyclic) bond motifs is 3. The third kappa shape index (κ3) is 2.70. The summed E-state index contributed by atoms with van der Waals surface area (Å²) in [5.41, 5.74) is 2.61. The topological polar surface area (TPSA) is 4.93 Å². The van der Waals surface area contributed by atoms with E-state index >= 15 is 0 Å². The minimum absolute atomic E-state index is 1.05. The van der Waals surface area contributed by atoms with E-state index in [9.17, 15) is 0 Å². The number of unbranched alkanes of at least 4 members (excludes halogenated alkanes) is 1. The highest BCUT2D eigenvalue weighted by atomic mass is 79.9. The molecular formula is C16H14Br3N. The Kier molecular flexibility index (Phi) is 4.53. The molecule has 0 aliphatic heterocycles. The highest BCUT2D eigenvalue weighted by molar-refractivity contribution is 9.10. The molecule has 0 fully saturated rings. The lowest BCUT2D eigenvalue weighted by Crippen LogP contribution is -1.98. The van der Waals surface area contributed by atoms with Crippen LogP contribution in [0, 0.1) is 0 Å². The quantitative estimate of drug-likeness (QED) is 0.310. The Labute approximate surface area is 143 Å². The van der Waals surface area contributed by atoms with Gasteiger partial charge in [-0.3, -0.25) is 0 Å². The summed E-state index contributed by atoms with van der Waals surface area (Å²) >= 11 is 10.7. The van der Waals surface area contributed by atoms with Gasteiger partial charge in [0.25, 0.3) is 0 Å². The summed E-state index contributed by atoms with van der Waals surface area (Å²) in [7, 11) is 0. The molecule has 104 valence electrons. The number of aromatic nitrogens is 1. The third-order valence-corrected chi connectivity index (χ3v) is 5.10. The number of halogens is 3. The summed E-state index contributed by atoms with van der Waals surface area (Å²) in [6.07, 6.45) is 2.38. The highest BCUT2D eigenvalue weighted by Gasteiger charge is 2.11. The average molecular weight is 460 g/mol. The Morgan fingerprint density at radius 2 is 1.35 bits per heavy atom. The maximum atomic E-state index is 3.59. The van der Waals surface area contributed by atoms with E-state index < -0.39 is 0 Å². The Morgan fingerprint density at radius 1 is 0.800 bits per heavy atom. The van der Waals surface area contributed by atoms with Gasteiger partial charge in [-0.2, -0.15) is 0 Å². The number of benzene rings is 2. The van der Waals surface area contributed by atoms with E-state index in [1.165, 1.54) is 34.6 Å². The maximum Gasteiger partial charge on any atom is 0.0502 e. The molecule has 4 heteroatoms. The summed E-state index contributed by atoms with van der Waals surface area (Å²) in [6.45, 7) is 1.05. The molecule has 0 N–H and O–H groups in total. The van der Waals surface area contributed by atoms with Crippen LogP contribution in [0.4, 0.5) is 0 Å². The molecule has 0 saturated heterocycles. The third-order valence-electron chi connectivity index (χ3n) is 3.56. The maximum absolute atomic E-state index is 3.59. The van der Waals surface area contributed by atoms with Crippen molar-refractivity contribution in [3.8, 4) is 0 Å². The van der Waals surface area contributed by atoms with Crippen molar-refractivity contribution in [2.75, 3.05) is 5.33 Å². The Balaban J connectivity index is 2.24. The van der Waals surface area contributed by atoms with Crippen LogP contribution in [0.3, 0.4) is 0 Å². The predicted octanol–water partition coefficient (Wildman–Crippen LogP) is 6.49. The van der Waals surface area contributed by atoms with E-state index in [0.29, 0.717) is 0 Å². The first-order chi connectivity index (χ1) is 9.70. The standard InChI is InChI=1S/C16H14Br3N/c17-7-1-2-8-20-15-9-11(18)3-5-13(15)14-6-4-12(19)10-16(14)20/h3-6,9-10H,1-2,7-8H2. The summed E-state index contributed by atoms with van der Waals surface area (Å²) in [5.74, 6) is 0. The monoisotopic (exact) mass is 457 g/mol. The number of nitrogens with zero attached hydrogens (tertiary/aromatic N) is 1. The van der Waals surface area contributed by atoms with Crippen molar-refractivity contribution in [2.24, 2.45) is 0 Å². The van der Waals surface area contributed by atoms with Gasteiger partial charge in [-0.25, -0.2) is 0 Å². The number of rotatable bonds is 4. The van der Waals surface area contributed by atoms with Crippen LogP contribution in [0.15, 0.2) is 45.3 Å². The van der Waals surface area contributed by atoms with Crippen LogP contribution in [0.5, 0.6) is 0 Å². The lowest BCUT2D eigenvalue weighted by Gasteiger charge is -2.07. The van der Waals surface area contributed by atoms with Gasteiger partial charge in [0.15, 0.2) is 0 Å². The van der Waals surface area contributed by atoms with Crippen LogP contribution >= 0.6 is 47.8 Å². The van der Waals surface area contributed by atoms with Crippen molar-refractivity contribution in [2.45, 2.75) is 19.4 Å². The second-order valence-corrected chi connectivity index (χ2v) is 7.50. The van der Waals surface area contributed by atoms with Crippen LogP contribution in [0.2, 0.25) is 0 Å². The highest BCUT2D eigenvalue weighted by Crippen LogP contribution is 2.33. The molecule has 0 aliphatic rings. The molecule has 0 saturated carbocycles. The first kappa shape index (κ1) is 14.6. The number of aryl methyl sites for hydroxylation is 1. The van der Waals surface area contributed by atoms with E-state index in [0.717, 1.165) is 20.8 Å². The van der Waals surface area contributed by atoms with Gasteiger partial charge in [-0.1, -0.05) is 59.9 Å². The van der Waals surface area contributed by atoms with Crippen molar-refractivity contribution in [1.29, 1.82) is 0 Å². The minimum Gasteiger partial charge on any atom is -0.340 e. The SMILES string of the molecule is BrCCCCn1c2cc(Br)ccc2c2ccc(Br)cc21. The van der Waals surface area contributed by atoms with Gasteiger partial charge in [-0.15, -0.1) is 0 Å². The fourth-order valence-corrected chi connectivity index (χ4v) is 3.74. The Hall–Kier alpha value is -0.320. The fraction of sp³-hybridized carbons (Fsp3) is 0.250. The first-order valence-corrected chi connectivity index (χ1v) is 9.34. The van der Waals surface area contributed by atoms with Crippen LogP contribution in [0.25, 0.3) is 21.8 Å². The van der Waals surface area contributed by atoms with Crippen LogP contribution in [0.1, 0.15) is 12.8 Å². The molecule has 0 aliphatic carbocycles. The number of alkyl halides is 1. The molecule has 0 amide bonds. The zero-order chi connectivity index (χ0) is 14.1.